The minimum atomic E-state index is -2.25. The molecule has 0 heterocycles. The molecule has 3 aromatic carbocycles. The number of benzene rings is 3. The minimum absolute atomic E-state index is 0.00584. The second-order valence-corrected chi connectivity index (χ2v) is 7.94. The Bertz CT molecular complexity index is 1350. The first kappa shape index (κ1) is 26.2. The molecule has 1 amide bonds. The van der Waals surface area contributed by atoms with Gasteiger partial charge in [0.2, 0.25) is 12.2 Å². The lowest BCUT2D eigenvalue weighted by Crippen LogP contribution is -2.48. The third kappa shape index (κ3) is 6.39. The van der Waals surface area contributed by atoms with E-state index in [-0.39, 0.29) is 26.9 Å². The van der Waals surface area contributed by atoms with Gasteiger partial charge in [0.15, 0.2) is 0 Å². The van der Waals surface area contributed by atoms with Crippen molar-refractivity contribution in [3.05, 3.63) is 99.5 Å². The van der Waals surface area contributed by atoms with Crippen molar-refractivity contribution >= 4 is 52.7 Å². The van der Waals surface area contributed by atoms with Crippen LogP contribution < -0.4 is 5.32 Å². The molecule has 0 bridgehead atoms. The summed E-state index contributed by atoms with van der Waals surface area (Å²) >= 11 is 12.0. The van der Waals surface area contributed by atoms with Crippen LogP contribution in [-0.2, 0) is 19.1 Å². The molecule has 0 aliphatic heterocycles. The summed E-state index contributed by atoms with van der Waals surface area (Å²) in [6.07, 6.45) is -4.38. The van der Waals surface area contributed by atoms with Gasteiger partial charge in [0.05, 0.1) is 32.8 Å². The molecule has 0 radical (unpaired) electrons. The minimum Gasteiger partial charge on any atom is -0.478 e. The summed E-state index contributed by atoms with van der Waals surface area (Å²) in [6, 6.07) is 19.0. The van der Waals surface area contributed by atoms with Gasteiger partial charge in [0, 0.05) is 5.69 Å². The van der Waals surface area contributed by atoms with Gasteiger partial charge in [-0.15, -0.1) is 0 Å². The highest BCUT2D eigenvalue weighted by Crippen LogP contribution is 2.21. The number of esters is 2. The van der Waals surface area contributed by atoms with E-state index in [2.05, 4.69) is 5.32 Å². The Hall–Kier alpha value is -4.39. The SMILES string of the molecule is N#Cc1ccc(NC(=O)[C@@H](OC(=O)c2ccccc2Cl)[C@@H](OC(=O)c2ccccc2Cl)C(=O)O)cc1. The van der Waals surface area contributed by atoms with Gasteiger partial charge in [-0.2, -0.15) is 5.26 Å². The highest BCUT2D eigenvalue weighted by molar-refractivity contribution is 6.34. The van der Waals surface area contributed by atoms with Gasteiger partial charge in [-0.25, -0.2) is 14.4 Å². The van der Waals surface area contributed by atoms with E-state index in [4.69, 9.17) is 37.9 Å². The summed E-state index contributed by atoms with van der Waals surface area (Å²) < 4.78 is 10.3. The summed E-state index contributed by atoms with van der Waals surface area (Å²) in [5.41, 5.74) is 0.178. The lowest BCUT2D eigenvalue weighted by Gasteiger charge is -2.24. The lowest BCUT2D eigenvalue weighted by atomic mass is 10.1. The Morgan fingerprint density at radius 3 is 1.69 bits per heavy atom. The third-order valence-electron chi connectivity index (χ3n) is 4.71. The number of nitriles is 1. The first-order valence-corrected chi connectivity index (χ1v) is 10.9. The lowest BCUT2D eigenvalue weighted by molar-refractivity contribution is -0.157. The summed E-state index contributed by atoms with van der Waals surface area (Å²) in [4.78, 5) is 50.6. The second kappa shape index (κ2) is 11.8. The fourth-order valence-electron chi connectivity index (χ4n) is 2.95. The van der Waals surface area contributed by atoms with E-state index in [1.807, 2.05) is 6.07 Å². The van der Waals surface area contributed by atoms with Crippen molar-refractivity contribution in [1.82, 2.24) is 0 Å². The molecule has 36 heavy (non-hydrogen) atoms. The fraction of sp³-hybridized carbons (Fsp3) is 0.0800. The largest absolute Gasteiger partial charge is 0.478 e. The van der Waals surface area contributed by atoms with Crippen LogP contribution in [0.25, 0.3) is 0 Å². The summed E-state index contributed by atoms with van der Waals surface area (Å²) in [7, 11) is 0. The molecule has 0 spiro atoms. The van der Waals surface area contributed by atoms with E-state index in [1.165, 1.54) is 60.7 Å². The first-order valence-electron chi connectivity index (χ1n) is 10.2. The van der Waals surface area contributed by atoms with Gasteiger partial charge < -0.3 is 19.9 Å². The zero-order valence-electron chi connectivity index (χ0n) is 18.2. The number of halogens is 2. The van der Waals surface area contributed by atoms with Gasteiger partial charge in [0.1, 0.15) is 0 Å². The molecule has 3 rings (SSSR count). The topological polar surface area (TPSA) is 143 Å². The number of carboxylic acids is 1. The molecule has 0 unspecified atom stereocenters. The van der Waals surface area contributed by atoms with Crippen molar-refractivity contribution in [2.75, 3.05) is 5.32 Å². The molecule has 9 nitrogen and oxygen atoms in total. The number of amides is 1. The third-order valence-corrected chi connectivity index (χ3v) is 5.37. The molecule has 3 aromatic rings. The van der Waals surface area contributed by atoms with E-state index >= 15 is 0 Å². The molecule has 2 N–H and O–H groups in total. The van der Waals surface area contributed by atoms with Crippen molar-refractivity contribution < 1.29 is 33.8 Å². The molecular formula is C25H16Cl2N2O7. The molecule has 182 valence electrons. The molecule has 0 aliphatic carbocycles. The van der Waals surface area contributed by atoms with Crippen molar-refractivity contribution in [3.8, 4) is 6.07 Å². The van der Waals surface area contributed by atoms with Gasteiger partial charge in [-0.1, -0.05) is 47.5 Å². The van der Waals surface area contributed by atoms with Crippen molar-refractivity contribution in [3.63, 3.8) is 0 Å². The number of hydrogen-bond acceptors (Lipinski definition) is 7. The van der Waals surface area contributed by atoms with Crippen LogP contribution in [0, 0.1) is 11.3 Å². The van der Waals surface area contributed by atoms with Crippen LogP contribution >= 0.6 is 23.2 Å². The number of rotatable bonds is 8. The van der Waals surface area contributed by atoms with E-state index < -0.39 is 36.0 Å². The van der Waals surface area contributed by atoms with Gasteiger partial charge >= 0.3 is 17.9 Å². The van der Waals surface area contributed by atoms with Crippen LogP contribution in [0.3, 0.4) is 0 Å². The van der Waals surface area contributed by atoms with Crippen molar-refractivity contribution in [2.45, 2.75) is 12.2 Å². The number of carbonyl (C=O) groups is 4. The predicted octanol–water partition coefficient (Wildman–Crippen LogP) is 4.34. The zero-order chi connectivity index (χ0) is 26.2. The molecule has 0 saturated heterocycles. The standard InChI is InChI=1S/C25H16Cl2N2O7/c26-18-7-3-1-5-16(18)24(33)35-20(22(30)29-15-11-9-14(13-28)10-12-15)21(23(31)32)36-25(34)17-6-2-4-8-19(17)27/h1-12,20-21H,(H,29,30)(H,31,32)/t20-,21+/m0/s1. The van der Waals surface area contributed by atoms with E-state index in [0.29, 0.717) is 5.56 Å². The Labute approximate surface area is 214 Å². The molecule has 0 aromatic heterocycles. The van der Waals surface area contributed by atoms with Crippen LogP contribution in [0.15, 0.2) is 72.8 Å². The molecule has 0 saturated carbocycles. The average Bonchev–Trinajstić information content (AvgIpc) is 2.86. The Balaban J connectivity index is 1.94. The number of carbonyl (C=O) groups excluding carboxylic acids is 3. The number of nitrogens with one attached hydrogen (secondary N) is 1. The number of carboxylic acid groups (broad SMARTS) is 1. The first-order chi connectivity index (χ1) is 17.2. The Kier molecular flexibility index (Phi) is 8.62. The number of ether oxygens (including phenoxy) is 2. The molecular weight excluding hydrogens is 511 g/mol. The maximum Gasteiger partial charge on any atom is 0.349 e. The molecule has 0 aliphatic rings. The Morgan fingerprint density at radius 2 is 1.25 bits per heavy atom. The summed E-state index contributed by atoms with van der Waals surface area (Å²) in [5.74, 6) is -5.15. The molecule has 11 heteroatoms. The van der Waals surface area contributed by atoms with E-state index in [1.54, 1.807) is 12.1 Å². The highest BCUT2D eigenvalue weighted by atomic mass is 35.5. The predicted molar refractivity (Wildman–Crippen MR) is 129 cm³/mol. The van der Waals surface area contributed by atoms with Gasteiger partial charge in [-0.05, 0) is 48.5 Å². The highest BCUT2D eigenvalue weighted by Gasteiger charge is 2.41. The summed E-state index contributed by atoms with van der Waals surface area (Å²) in [6.45, 7) is 0. The second-order valence-electron chi connectivity index (χ2n) is 7.13. The van der Waals surface area contributed by atoms with Crippen molar-refractivity contribution in [1.29, 1.82) is 5.26 Å². The number of nitrogens with zero attached hydrogens (tertiary/aromatic N) is 1. The van der Waals surface area contributed by atoms with Crippen LogP contribution in [-0.4, -0.2) is 41.1 Å². The summed E-state index contributed by atoms with van der Waals surface area (Å²) in [5, 5.41) is 21.1. The molecule has 2 atom stereocenters. The van der Waals surface area contributed by atoms with Gasteiger partial charge in [-0.3, -0.25) is 4.79 Å². The van der Waals surface area contributed by atoms with Gasteiger partial charge in [0.25, 0.3) is 5.91 Å². The normalized spacial score (nSPS) is 11.9. The van der Waals surface area contributed by atoms with Crippen molar-refractivity contribution in [2.24, 2.45) is 0 Å². The van der Waals surface area contributed by atoms with Crippen LogP contribution in [0.4, 0.5) is 5.69 Å². The fourth-order valence-corrected chi connectivity index (χ4v) is 3.37. The monoisotopic (exact) mass is 526 g/mol. The number of anilines is 1. The Morgan fingerprint density at radius 1 is 0.778 bits per heavy atom. The van der Waals surface area contributed by atoms with Crippen LogP contribution in [0.1, 0.15) is 26.3 Å². The quantitative estimate of drug-likeness (QED) is 0.412. The van der Waals surface area contributed by atoms with E-state index in [9.17, 15) is 24.3 Å². The zero-order valence-corrected chi connectivity index (χ0v) is 19.7. The smallest absolute Gasteiger partial charge is 0.349 e. The number of hydrogen-bond donors (Lipinski definition) is 2. The van der Waals surface area contributed by atoms with E-state index in [0.717, 1.165) is 0 Å². The average molecular weight is 527 g/mol. The van der Waals surface area contributed by atoms with Crippen LogP contribution in [0.5, 0.6) is 0 Å². The molecule has 0 fully saturated rings. The van der Waals surface area contributed by atoms with Crippen LogP contribution in [0.2, 0.25) is 10.0 Å². The maximum absolute atomic E-state index is 13.1. The number of aliphatic carboxylic acids is 1. The maximum atomic E-state index is 13.1.